The van der Waals surface area contributed by atoms with Gasteiger partial charge in [-0.25, -0.2) is 0 Å². The second-order valence-electron chi connectivity index (χ2n) is 7.16. The minimum atomic E-state index is -0.250. The van der Waals surface area contributed by atoms with E-state index in [2.05, 4.69) is 39.3 Å². The number of rotatable bonds is 8. The number of carbonyl (C=O) groups is 2. The van der Waals surface area contributed by atoms with Gasteiger partial charge < -0.3 is 19.9 Å². The molecule has 1 fully saturated rings. The number of aromatic nitrogens is 1. The van der Waals surface area contributed by atoms with Crippen molar-refractivity contribution in [3.63, 3.8) is 0 Å². The van der Waals surface area contributed by atoms with Crippen LogP contribution in [-0.4, -0.2) is 53.1 Å². The molecule has 3 rings (SSSR count). The number of amides is 1. The second-order valence-corrected chi connectivity index (χ2v) is 7.16. The lowest BCUT2D eigenvalue weighted by Crippen LogP contribution is -2.41. The predicted molar refractivity (Wildman–Crippen MR) is 110 cm³/mol. The Labute approximate surface area is 167 Å². The molecule has 0 saturated carbocycles. The first-order chi connectivity index (χ1) is 13.7. The highest BCUT2D eigenvalue weighted by Crippen LogP contribution is 2.16. The first-order valence-electron chi connectivity index (χ1n) is 9.93. The van der Waals surface area contributed by atoms with Gasteiger partial charge in [-0.1, -0.05) is 30.3 Å². The Morgan fingerprint density at radius 1 is 1.14 bits per heavy atom. The Bertz CT molecular complexity index is 674. The van der Waals surface area contributed by atoms with Crippen molar-refractivity contribution in [3.05, 3.63) is 60.4 Å². The van der Waals surface area contributed by atoms with E-state index in [1.54, 1.807) is 0 Å². The van der Waals surface area contributed by atoms with Crippen LogP contribution in [0.1, 0.15) is 24.8 Å². The molecule has 0 bridgehead atoms. The summed E-state index contributed by atoms with van der Waals surface area (Å²) in [5.74, 6) is 0.719. The molecular weight excluding hydrogens is 354 g/mol. The average Bonchev–Trinajstić information content (AvgIpc) is 3.22. The van der Waals surface area contributed by atoms with Gasteiger partial charge in [0, 0.05) is 32.0 Å². The summed E-state index contributed by atoms with van der Waals surface area (Å²) in [5.41, 5.74) is 1.08. The summed E-state index contributed by atoms with van der Waals surface area (Å²) < 4.78 is 2.24. The summed E-state index contributed by atoms with van der Waals surface area (Å²) in [6, 6.07) is 14.1. The molecule has 1 aromatic carbocycles. The Kier molecular flexibility index (Phi) is 9.86. The zero-order valence-electron chi connectivity index (χ0n) is 16.4. The van der Waals surface area contributed by atoms with Crippen LogP contribution >= 0.6 is 0 Å². The maximum absolute atomic E-state index is 12.1. The SMILES string of the molecule is O=C(Cc1ccccc1)NCC1CCCN(CCCn2cccc2)C1.O=CO. The topological polar surface area (TPSA) is 74.6 Å². The number of carbonyl (C=O) groups excluding carboxylic acids is 1. The predicted octanol–water partition coefficient (Wildman–Crippen LogP) is 2.65. The number of piperidine rings is 1. The van der Waals surface area contributed by atoms with E-state index in [0.717, 1.165) is 31.7 Å². The maximum atomic E-state index is 12.1. The summed E-state index contributed by atoms with van der Waals surface area (Å²) in [6.45, 7) is 5.09. The van der Waals surface area contributed by atoms with Crippen molar-refractivity contribution in [2.24, 2.45) is 5.92 Å². The fourth-order valence-electron chi connectivity index (χ4n) is 3.62. The molecule has 6 nitrogen and oxygen atoms in total. The van der Waals surface area contributed by atoms with Crippen LogP contribution in [0.4, 0.5) is 0 Å². The van der Waals surface area contributed by atoms with Crippen LogP contribution in [-0.2, 0) is 22.6 Å². The average molecular weight is 386 g/mol. The van der Waals surface area contributed by atoms with Gasteiger partial charge in [0.05, 0.1) is 6.42 Å². The van der Waals surface area contributed by atoms with Crippen LogP contribution in [0.25, 0.3) is 0 Å². The number of nitrogens with zero attached hydrogens (tertiary/aromatic N) is 2. The van der Waals surface area contributed by atoms with Crippen molar-refractivity contribution in [1.29, 1.82) is 0 Å². The summed E-state index contributed by atoms with van der Waals surface area (Å²) in [7, 11) is 0. The smallest absolute Gasteiger partial charge is 0.290 e. The lowest BCUT2D eigenvalue weighted by atomic mass is 9.97. The van der Waals surface area contributed by atoms with Gasteiger partial charge in [0.25, 0.3) is 6.47 Å². The number of hydrogen-bond acceptors (Lipinski definition) is 3. The zero-order valence-corrected chi connectivity index (χ0v) is 16.4. The van der Waals surface area contributed by atoms with Crippen molar-refractivity contribution in [2.75, 3.05) is 26.2 Å². The van der Waals surface area contributed by atoms with Crippen molar-refractivity contribution >= 4 is 12.4 Å². The van der Waals surface area contributed by atoms with Crippen molar-refractivity contribution in [2.45, 2.75) is 32.2 Å². The Hall–Kier alpha value is -2.60. The minimum Gasteiger partial charge on any atom is -0.483 e. The highest BCUT2D eigenvalue weighted by molar-refractivity contribution is 5.78. The first-order valence-corrected chi connectivity index (χ1v) is 9.93. The number of benzene rings is 1. The number of aryl methyl sites for hydroxylation is 1. The van der Waals surface area contributed by atoms with Gasteiger partial charge in [-0.3, -0.25) is 9.59 Å². The molecule has 0 radical (unpaired) electrons. The quantitative estimate of drug-likeness (QED) is 0.685. The van der Waals surface area contributed by atoms with Crippen LogP contribution in [0.15, 0.2) is 54.9 Å². The molecule has 28 heavy (non-hydrogen) atoms. The molecule has 1 atom stereocenters. The van der Waals surface area contributed by atoms with E-state index in [1.165, 1.54) is 25.8 Å². The number of likely N-dealkylation sites (tertiary alicyclic amines) is 1. The number of hydrogen-bond donors (Lipinski definition) is 2. The largest absolute Gasteiger partial charge is 0.483 e. The number of carboxylic acid groups (broad SMARTS) is 1. The van der Waals surface area contributed by atoms with E-state index in [4.69, 9.17) is 9.90 Å². The monoisotopic (exact) mass is 385 g/mol. The van der Waals surface area contributed by atoms with E-state index in [0.29, 0.717) is 12.3 Å². The molecule has 152 valence electrons. The van der Waals surface area contributed by atoms with Crippen LogP contribution in [0.5, 0.6) is 0 Å². The van der Waals surface area contributed by atoms with Crippen LogP contribution in [0, 0.1) is 5.92 Å². The van der Waals surface area contributed by atoms with E-state index in [9.17, 15) is 4.79 Å². The highest BCUT2D eigenvalue weighted by Gasteiger charge is 2.20. The third kappa shape index (κ3) is 8.39. The molecular formula is C22H31N3O3. The van der Waals surface area contributed by atoms with Crippen molar-refractivity contribution in [1.82, 2.24) is 14.8 Å². The van der Waals surface area contributed by atoms with Gasteiger partial charge >= 0.3 is 0 Å². The molecule has 1 aliphatic heterocycles. The van der Waals surface area contributed by atoms with Gasteiger partial charge in [-0.2, -0.15) is 0 Å². The van der Waals surface area contributed by atoms with Crippen molar-refractivity contribution < 1.29 is 14.7 Å². The van der Waals surface area contributed by atoms with Gasteiger partial charge in [0.2, 0.25) is 5.91 Å². The fraction of sp³-hybridized carbons (Fsp3) is 0.455. The fourth-order valence-corrected chi connectivity index (χ4v) is 3.62. The van der Waals surface area contributed by atoms with E-state index >= 15 is 0 Å². The molecule has 0 aliphatic carbocycles. The Morgan fingerprint density at radius 2 is 1.86 bits per heavy atom. The first kappa shape index (κ1) is 21.7. The highest BCUT2D eigenvalue weighted by atomic mass is 16.3. The molecule has 2 aromatic rings. The Morgan fingerprint density at radius 3 is 2.57 bits per heavy atom. The summed E-state index contributed by atoms with van der Waals surface area (Å²) in [4.78, 5) is 23.0. The molecule has 0 spiro atoms. The third-order valence-corrected chi connectivity index (χ3v) is 4.96. The molecule has 6 heteroatoms. The van der Waals surface area contributed by atoms with E-state index in [1.807, 2.05) is 30.3 Å². The van der Waals surface area contributed by atoms with Crippen LogP contribution in [0.3, 0.4) is 0 Å². The molecule has 1 aromatic heterocycles. The normalized spacial score (nSPS) is 16.6. The van der Waals surface area contributed by atoms with Gasteiger partial charge in [0.1, 0.15) is 0 Å². The van der Waals surface area contributed by atoms with Gasteiger partial charge in [0.15, 0.2) is 0 Å². The van der Waals surface area contributed by atoms with Crippen molar-refractivity contribution in [3.8, 4) is 0 Å². The summed E-state index contributed by atoms with van der Waals surface area (Å²) >= 11 is 0. The summed E-state index contributed by atoms with van der Waals surface area (Å²) in [6.07, 6.45) is 8.38. The second kappa shape index (κ2) is 12.7. The molecule has 2 heterocycles. The van der Waals surface area contributed by atoms with E-state index in [-0.39, 0.29) is 12.4 Å². The summed E-state index contributed by atoms with van der Waals surface area (Å²) in [5, 5.41) is 10.0. The van der Waals surface area contributed by atoms with Crippen LogP contribution < -0.4 is 5.32 Å². The molecule has 1 saturated heterocycles. The van der Waals surface area contributed by atoms with Crippen LogP contribution in [0.2, 0.25) is 0 Å². The lowest BCUT2D eigenvalue weighted by molar-refractivity contribution is -0.123. The molecule has 1 aliphatic rings. The Balaban J connectivity index is 0.000000878. The minimum absolute atomic E-state index is 0.135. The maximum Gasteiger partial charge on any atom is 0.290 e. The molecule has 2 N–H and O–H groups in total. The molecule has 1 unspecified atom stereocenters. The van der Waals surface area contributed by atoms with E-state index < -0.39 is 0 Å². The van der Waals surface area contributed by atoms with Gasteiger partial charge in [-0.05, 0) is 56.0 Å². The lowest BCUT2D eigenvalue weighted by Gasteiger charge is -2.32. The van der Waals surface area contributed by atoms with Gasteiger partial charge in [-0.15, -0.1) is 0 Å². The number of nitrogens with one attached hydrogen (secondary N) is 1. The standard InChI is InChI=1S/C21H29N3O.CH2O2/c25-21(16-19-8-2-1-3-9-19)22-17-20-10-6-13-24(18-20)15-7-14-23-11-4-5-12-23;2-1-3/h1-5,8-9,11-12,20H,6-7,10,13-18H2,(H,22,25);1H,(H,2,3). The third-order valence-electron chi connectivity index (χ3n) is 4.96. The molecule has 1 amide bonds. The zero-order chi connectivity index (χ0) is 20.0.